The molecule has 8 nitrogen and oxygen atoms in total. The number of carbonyl (C=O) groups is 1. The van der Waals surface area contributed by atoms with Gasteiger partial charge in [0, 0.05) is 17.7 Å². The van der Waals surface area contributed by atoms with Gasteiger partial charge in [-0.25, -0.2) is 8.42 Å². The fraction of sp³-hybridized carbons (Fsp3) is 0.154. The Morgan fingerprint density at radius 2 is 2.00 bits per heavy atom. The van der Waals surface area contributed by atoms with E-state index in [1.54, 1.807) is 19.1 Å². The smallest absolute Gasteiger partial charge is 0.273 e. The third-order valence-corrected chi connectivity index (χ3v) is 3.79. The minimum absolute atomic E-state index is 0.317. The lowest BCUT2D eigenvalue weighted by Gasteiger charge is -2.07. The number of amides is 1. The summed E-state index contributed by atoms with van der Waals surface area (Å²) in [5.41, 5.74) is 1.99. The van der Waals surface area contributed by atoms with Crippen molar-refractivity contribution < 1.29 is 18.1 Å². The minimum atomic E-state index is -4.10. The molecule has 0 spiro atoms. The summed E-state index contributed by atoms with van der Waals surface area (Å²) in [5, 5.41) is 10.8. The summed E-state index contributed by atoms with van der Waals surface area (Å²) in [6.45, 7) is 3.25. The monoisotopic (exact) mass is 325 g/mol. The van der Waals surface area contributed by atoms with E-state index < -0.39 is 20.9 Å². The topological polar surface area (TPSA) is 118 Å². The molecule has 0 aromatic heterocycles. The number of nitro benzene ring substituents is 1. The van der Waals surface area contributed by atoms with Gasteiger partial charge in [0.05, 0.1) is 9.82 Å². The highest BCUT2D eigenvalue weighted by molar-refractivity contribution is 7.89. The average molecular weight is 325 g/mol. The van der Waals surface area contributed by atoms with Gasteiger partial charge in [-0.1, -0.05) is 24.3 Å². The van der Waals surface area contributed by atoms with Gasteiger partial charge in [-0.15, -0.1) is 4.83 Å². The van der Waals surface area contributed by atoms with Crippen LogP contribution in [0.15, 0.2) is 47.4 Å². The summed E-state index contributed by atoms with van der Waals surface area (Å²) in [6, 6.07) is 3.46. The first-order chi connectivity index (χ1) is 10.3. The van der Waals surface area contributed by atoms with Crippen LogP contribution in [0.2, 0.25) is 0 Å². The molecular weight excluding hydrogens is 310 g/mol. The summed E-state index contributed by atoms with van der Waals surface area (Å²) < 4.78 is 23.9. The maximum absolute atomic E-state index is 12.0. The molecule has 0 bridgehead atoms. The van der Waals surface area contributed by atoms with Crippen LogP contribution in [0.5, 0.6) is 0 Å². The Labute approximate surface area is 127 Å². The van der Waals surface area contributed by atoms with E-state index in [0.29, 0.717) is 5.56 Å². The van der Waals surface area contributed by atoms with E-state index in [1.165, 1.54) is 25.1 Å². The molecule has 0 saturated carbocycles. The Morgan fingerprint density at radius 1 is 1.32 bits per heavy atom. The van der Waals surface area contributed by atoms with Crippen LogP contribution < -0.4 is 10.3 Å². The summed E-state index contributed by atoms with van der Waals surface area (Å²) in [6.07, 6.45) is 5.84. The molecule has 1 amide bonds. The van der Waals surface area contributed by atoms with E-state index in [4.69, 9.17) is 0 Å². The first-order valence-corrected chi connectivity index (χ1v) is 7.62. The predicted octanol–water partition coefficient (Wildman–Crippen LogP) is 1.35. The zero-order valence-electron chi connectivity index (χ0n) is 11.9. The first-order valence-electron chi connectivity index (χ1n) is 6.14. The number of benzene rings is 1. The van der Waals surface area contributed by atoms with Crippen molar-refractivity contribution in [1.29, 1.82) is 0 Å². The van der Waals surface area contributed by atoms with Crippen molar-refractivity contribution in [3.05, 3.63) is 58.2 Å². The number of carbonyl (C=O) groups excluding carboxylic acids is 1. The van der Waals surface area contributed by atoms with Crippen LogP contribution in [0, 0.1) is 17.0 Å². The molecule has 0 aliphatic rings. The van der Waals surface area contributed by atoms with Crippen LogP contribution in [0.25, 0.3) is 0 Å². The highest BCUT2D eigenvalue weighted by atomic mass is 32.2. The predicted molar refractivity (Wildman–Crippen MR) is 80.3 cm³/mol. The van der Waals surface area contributed by atoms with Gasteiger partial charge < -0.3 is 0 Å². The lowest BCUT2D eigenvalue weighted by atomic mass is 10.2. The lowest BCUT2D eigenvalue weighted by Crippen LogP contribution is -2.40. The highest BCUT2D eigenvalue weighted by Crippen LogP contribution is 2.21. The Kier molecular flexibility index (Phi) is 5.96. The maximum atomic E-state index is 12.0. The highest BCUT2D eigenvalue weighted by Gasteiger charge is 2.19. The third-order valence-electron chi connectivity index (χ3n) is 2.55. The second-order valence-electron chi connectivity index (χ2n) is 4.19. The van der Waals surface area contributed by atoms with Crippen LogP contribution in [-0.4, -0.2) is 19.2 Å². The molecule has 0 fully saturated rings. The van der Waals surface area contributed by atoms with E-state index in [9.17, 15) is 23.3 Å². The van der Waals surface area contributed by atoms with Crippen LogP contribution >= 0.6 is 0 Å². The van der Waals surface area contributed by atoms with Gasteiger partial charge in [-0.3, -0.25) is 20.3 Å². The Hall–Kier alpha value is -2.52. The molecule has 0 atom stereocenters. The van der Waals surface area contributed by atoms with Gasteiger partial charge in [0.25, 0.3) is 21.6 Å². The molecule has 0 aliphatic carbocycles. The molecule has 9 heteroatoms. The van der Waals surface area contributed by atoms with E-state index in [0.717, 1.165) is 12.1 Å². The van der Waals surface area contributed by atoms with E-state index >= 15 is 0 Å². The molecule has 0 unspecified atom stereocenters. The largest absolute Gasteiger partial charge is 0.274 e. The van der Waals surface area contributed by atoms with Gasteiger partial charge in [0.1, 0.15) is 0 Å². The summed E-state index contributed by atoms with van der Waals surface area (Å²) in [4.78, 5) is 23.0. The number of nitrogens with one attached hydrogen (secondary N) is 2. The van der Waals surface area contributed by atoms with Gasteiger partial charge in [0.15, 0.2) is 0 Å². The Morgan fingerprint density at radius 3 is 2.59 bits per heavy atom. The van der Waals surface area contributed by atoms with Crippen molar-refractivity contribution in [1.82, 2.24) is 10.3 Å². The number of sulfonamides is 1. The summed E-state index contributed by atoms with van der Waals surface area (Å²) >= 11 is 0. The molecule has 1 rings (SSSR count). The van der Waals surface area contributed by atoms with Crippen molar-refractivity contribution in [3.8, 4) is 0 Å². The normalized spacial score (nSPS) is 11.9. The zero-order chi connectivity index (χ0) is 16.8. The number of allylic oxidation sites excluding steroid dienone is 3. The Bertz CT molecular complexity index is 738. The SMILES string of the molecule is C/C=C/C=C/C(=O)NNS(=O)(=O)c1ccc(C)c([N+](=O)[O-])c1. The number of aryl methyl sites for hydroxylation is 1. The van der Waals surface area contributed by atoms with Gasteiger partial charge >= 0.3 is 0 Å². The third kappa shape index (κ3) is 4.79. The van der Waals surface area contributed by atoms with Crippen LogP contribution in [0.4, 0.5) is 5.69 Å². The number of hydrogen-bond acceptors (Lipinski definition) is 5. The molecule has 0 aliphatic heterocycles. The average Bonchev–Trinajstić information content (AvgIpc) is 2.45. The quantitative estimate of drug-likeness (QED) is 0.354. The van der Waals surface area contributed by atoms with Gasteiger partial charge in [-0.05, 0) is 19.9 Å². The number of hydrazine groups is 1. The molecule has 118 valence electrons. The number of rotatable bonds is 6. The molecule has 2 N–H and O–H groups in total. The second kappa shape index (κ2) is 7.48. The molecule has 22 heavy (non-hydrogen) atoms. The first kappa shape index (κ1) is 17.5. The number of hydrogen-bond donors (Lipinski definition) is 2. The fourth-order valence-electron chi connectivity index (χ4n) is 1.43. The van der Waals surface area contributed by atoms with Crippen LogP contribution in [-0.2, 0) is 14.8 Å². The van der Waals surface area contributed by atoms with Gasteiger partial charge in [0.2, 0.25) is 0 Å². The van der Waals surface area contributed by atoms with Crippen molar-refractivity contribution in [2.24, 2.45) is 0 Å². The van der Waals surface area contributed by atoms with Gasteiger partial charge in [-0.2, -0.15) is 0 Å². The zero-order valence-corrected chi connectivity index (χ0v) is 12.8. The van der Waals surface area contributed by atoms with E-state index in [2.05, 4.69) is 0 Å². The molecular formula is C13H15N3O5S. The lowest BCUT2D eigenvalue weighted by molar-refractivity contribution is -0.385. The number of nitro groups is 1. The molecule has 0 radical (unpaired) electrons. The molecule has 1 aromatic carbocycles. The van der Waals surface area contributed by atoms with Crippen LogP contribution in [0.3, 0.4) is 0 Å². The van der Waals surface area contributed by atoms with Crippen molar-refractivity contribution >= 4 is 21.6 Å². The summed E-state index contributed by atoms with van der Waals surface area (Å²) in [7, 11) is -4.10. The second-order valence-corrected chi connectivity index (χ2v) is 5.87. The number of nitrogens with zero attached hydrogens (tertiary/aromatic N) is 1. The molecule has 0 saturated heterocycles. The van der Waals surface area contributed by atoms with Crippen molar-refractivity contribution in [3.63, 3.8) is 0 Å². The Balaban J connectivity index is 2.89. The standard InChI is InChI=1S/C13H15N3O5S/c1-3-4-5-6-13(17)14-15-22(20,21)11-8-7-10(2)12(9-11)16(18)19/h3-9,15H,1-2H3,(H,14,17)/b4-3+,6-5+. The maximum Gasteiger partial charge on any atom is 0.273 e. The van der Waals surface area contributed by atoms with Crippen LogP contribution in [0.1, 0.15) is 12.5 Å². The minimum Gasteiger partial charge on any atom is -0.274 e. The fourth-order valence-corrected chi connectivity index (χ4v) is 2.29. The molecule has 1 aromatic rings. The van der Waals surface area contributed by atoms with E-state index in [-0.39, 0.29) is 10.6 Å². The molecule has 0 heterocycles. The van der Waals surface area contributed by atoms with Crippen molar-refractivity contribution in [2.45, 2.75) is 18.7 Å². The van der Waals surface area contributed by atoms with Crippen molar-refractivity contribution in [2.75, 3.05) is 0 Å². The summed E-state index contributed by atoms with van der Waals surface area (Å²) in [5.74, 6) is -0.678. The van der Waals surface area contributed by atoms with E-state index in [1.807, 2.05) is 10.3 Å².